The quantitative estimate of drug-likeness (QED) is 0.201. The Hall–Kier alpha value is -6.33. The van der Waals surface area contributed by atoms with E-state index in [1.165, 1.54) is 22.0 Å². The van der Waals surface area contributed by atoms with E-state index >= 15 is 0 Å². The molecular formula is C41H27N5. The lowest BCUT2D eigenvalue weighted by atomic mass is 10.0. The minimum atomic E-state index is 0.633. The van der Waals surface area contributed by atoms with E-state index in [1.807, 2.05) is 60.7 Å². The van der Waals surface area contributed by atoms with Crippen LogP contribution in [0.15, 0.2) is 164 Å². The molecule has 0 aliphatic heterocycles. The van der Waals surface area contributed by atoms with Gasteiger partial charge in [0.15, 0.2) is 17.5 Å². The van der Waals surface area contributed by atoms with Gasteiger partial charge in [0.05, 0.1) is 16.6 Å². The van der Waals surface area contributed by atoms with Crippen LogP contribution in [0.5, 0.6) is 0 Å². The van der Waals surface area contributed by atoms with Gasteiger partial charge in [0.1, 0.15) is 5.65 Å². The monoisotopic (exact) mass is 589 g/mol. The van der Waals surface area contributed by atoms with Crippen LogP contribution in [0.4, 0.5) is 0 Å². The van der Waals surface area contributed by atoms with Crippen LogP contribution in [0.25, 0.3) is 78.6 Å². The predicted octanol–water partition coefficient (Wildman–Crippen LogP) is 9.89. The van der Waals surface area contributed by atoms with Crippen molar-refractivity contribution in [1.29, 1.82) is 0 Å². The minimum absolute atomic E-state index is 0.633. The molecule has 0 spiro atoms. The molecule has 0 bridgehead atoms. The summed E-state index contributed by atoms with van der Waals surface area (Å²) in [7, 11) is 0. The highest BCUT2D eigenvalue weighted by Gasteiger charge is 2.23. The van der Waals surface area contributed by atoms with Crippen molar-refractivity contribution in [2.75, 3.05) is 0 Å². The summed E-state index contributed by atoms with van der Waals surface area (Å²) in [5.41, 5.74) is 10.8. The zero-order valence-electron chi connectivity index (χ0n) is 24.8. The summed E-state index contributed by atoms with van der Waals surface area (Å²) in [5.74, 6) is 1.93. The van der Waals surface area contributed by atoms with E-state index < -0.39 is 0 Å². The molecule has 216 valence electrons. The third-order valence-corrected chi connectivity index (χ3v) is 8.55. The van der Waals surface area contributed by atoms with Gasteiger partial charge in [0, 0.05) is 33.3 Å². The van der Waals surface area contributed by atoms with Gasteiger partial charge in [-0.1, -0.05) is 127 Å². The number of para-hydroxylation sites is 2. The van der Waals surface area contributed by atoms with Crippen molar-refractivity contribution in [3.05, 3.63) is 164 Å². The second-order valence-corrected chi connectivity index (χ2v) is 11.3. The number of rotatable bonds is 5. The topological polar surface area (TPSA) is 48.0 Å². The van der Waals surface area contributed by atoms with Crippen LogP contribution < -0.4 is 0 Å². The number of hydrogen-bond donors (Lipinski definition) is 0. The maximum absolute atomic E-state index is 5.03. The molecule has 6 aromatic carbocycles. The van der Waals surface area contributed by atoms with Gasteiger partial charge < -0.3 is 0 Å². The van der Waals surface area contributed by atoms with E-state index in [2.05, 4.69) is 112 Å². The van der Waals surface area contributed by atoms with Crippen LogP contribution in [-0.4, -0.2) is 23.9 Å². The minimum Gasteiger partial charge on any atom is -0.293 e. The first-order chi connectivity index (χ1) is 22.8. The molecule has 3 heterocycles. The van der Waals surface area contributed by atoms with Crippen molar-refractivity contribution in [2.24, 2.45) is 0 Å². The molecule has 46 heavy (non-hydrogen) atoms. The predicted molar refractivity (Wildman–Crippen MR) is 187 cm³/mol. The fraction of sp³-hybridized carbons (Fsp3) is 0. The Morgan fingerprint density at radius 3 is 1.48 bits per heavy atom. The summed E-state index contributed by atoms with van der Waals surface area (Å²) >= 11 is 0. The van der Waals surface area contributed by atoms with Crippen LogP contribution in [-0.2, 0) is 0 Å². The van der Waals surface area contributed by atoms with E-state index in [0.29, 0.717) is 17.5 Å². The fourth-order valence-corrected chi connectivity index (χ4v) is 6.49. The number of aromatic nitrogens is 5. The number of fused-ring (bicyclic) bond motifs is 5. The summed E-state index contributed by atoms with van der Waals surface area (Å²) < 4.78 is 4.76. The molecule has 9 rings (SSSR count). The molecule has 0 radical (unpaired) electrons. The van der Waals surface area contributed by atoms with Crippen molar-refractivity contribution in [3.63, 3.8) is 0 Å². The Kier molecular flexibility index (Phi) is 6.06. The van der Waals surface area contributed by atoms with Gasteiger partial charge in [0.25, 0.3) is 0 Å². The average Bonchev–Trinajstić information content (AvgIpc) is 3.65. The van der Waals surface area contributed by atoms with Crippen molar-refractivity contribution in [2.45, 2.75) is 0 Å². The maximum Gasteiger partial charge on any atom is 0.164 e. The highest BCUT2D eigenvalue weighted by atomic mass is 15.1. The first kappa shape index (κ1) is 26.1. The van der Waals surface area contributed by atoms with Crippen LogP contribution in [0.1, 0.15) is 0 Å². The standard InChI is InChI=1S/C41H27N5/c1-5-15-28(16-6-1)37-33-23-13-14-24-34(33)46-35-26-25-31(27-36(35)45(41(37)46)32-21-11-4-12-22-32)40-43-38(29-17-7-2-8-18-29)42-39(44-40)30-19-9-3-10-20-30/h1-27H. The molecule has 3 aromatic heterocycles. The SMILES string of the molecule is c1ccc(-c2nc(-c3ccccc3)nc(-c3ccc4c(c3)n(-c3ccccc3)c3c(-c5ccccc5)c5ccccc5n43)n2)cc1. The number of hydrogen-bond acceptors (Lipinski definition) is 3. The zero-order valence-corrected chi connectivity index (χ0v) is 24.8. The van der Waals surface area contributed by atoms with Gasteiger partial charge >= 0.3 is 0 Å². The first-order valence-electron chi connectivity index (χ1n) is 15.4. The van der Waals surface area contributed by atoms with Crippen LogP contribution in [0, 0.1) is 0 Å². The van der Waals surface area contributed by atoms with E-state index in [-0.39, 0.29) is 0 Å². The Morgan fingerprint density at radius 1 is 0.370 bits per heavy atom. The molecule has 0 N–H and O–H groups in total. The maximum atomic E-state index is 5.03. The molecule has 5 nitrogen and oxygen atoms in total. The largest absolute Gasteiger partial charge is 0.293 e. The lowest BCUT2D eigenvalue weighted by Gasteiger charge is -2.11. The number of imidazole rings is 1. The highest BCUT2D eigenvalue weighted by Crippen LogP contribution is 2.41. The van der Waals surface area contributed by atoms with Gasteiger partial charge in [0.2, 0.25) is 0 Å². The molecule has 0 saturated heterocycles. The normalized spacial score (nSPS) is 11.5. The zero-order chi connectivity index (χ0) is 30.5. The van der Waals surface area contributed by atoms with Crippen molar-refractivity contribution in [3.8, 4) is 51.0 Å². The van der Waals surface area contributed by atoms with Gasteiger partial charge in [-0.2, -0.15) is 0 Å². The lowest BCUT2D eigenvalue weighted by molar-refractivity contribution is 1.07. The van der Waals surface area contributed by atoms with Crippen LogP contribution in [0.3, 0.4) is 0 Å². The smallest absolute Gasteiger partial charge is 0.164 e. The van der Waals surface area contributed by atoms with Crippen molar-refractivity contribution in [1.82, 2.24) is 23.9 Å². The molecule has 0 aliphatic carbocycles. The van der Waals surface area contributed by atoms with E-state index in [1.54, 1.807) is 0 Å². The van der Waals surface area contributed by atoms with Gasteiger partial charge in [-0.3, -0.25) is 8.97 Å². The highest BCUT2D eigenvalue weighted by molar-refractivity contribution is 6.09. The van der Waals surface area contributed by atoms with Crippen LogP contribution >= 0.6 is 0 Å². The van der Waals surface area contributed by atoms with E-state index in [0.717, 1.165) is 39.1 Å². The van der Waals surface area contributed by atoms with Gasteiger partial charge in [-0.05, 0) is 42.0 Å². The summed E-state index contributed by atoms with van der Waals surface area (Å²) in [5, 5.41) is 1.22. The molecule has 0 atom stereocenters. The Labute approximate surface area is 265 Å². The fourth-order valence-electron chi connectivity index (χ4n) is 6.49. The second-order valence-electron chi connectivity index (χ2n) is 11.3. The average molecular weight is 590 g/mol. The second kappa shape index (κ2) is 10.7. The summed E-state index contributed by atoms with van der Waals surface area (Å²) in [6.07, 6.45) is 0. The van der Waals surface area contributed by atoms with Gasteiger partial charge in [-0.25, -0.2) is 15.0 Å². The Morgan fingerprint density at radius 2 is 0.870 bits per heavy atom. The molecule has 0 fully saturated rings. The van der Waals surface area contributed by atoms with E-state index in [4.69, 9.17) is 15.0 Å². The van der Waals surface area contributed by atoms with Crippen LogP contribution in [0.2, 0.25) is 0 Å². The molecule has 9 aromatic rings. The molecule has 0 aliphatic rings. The summed E-state index contributed by atoms with van der Waals surface area (Å²) in [4.78, 5) is 15.0. The molecule has 5 heteroatoms. The lowest BCUT2D eigenvalue weighted by Crippen LogP contribution is -2.00. The third-order valence-electron chi connectivity index (χ3n) is 8.55. The van der Waals surface area contributed by atoms with E-state index in [9.17, 15) is 0 Å². The Bertz CT molecular complexity index is 2440. The number of benzene rings is 6. The summed E-state index contributed by atoms with van der Waals surface area (Å²) in [6.45, 7) is 0. The molecule has 0 amide bonds. The molecule has 0 saturated carbocycles. The van der Waals surface area contributed by atoms with Gasteiger partial charge in [-0.15, -0.1) is 0 Å². The van der Waals surface area contributed by atoms with Crippen molar-refractivity contribution < 1.29 is 0 Å². The Balaban J connectivity index is 1.36. The third kappa shape index (κ3) is 4.21. The first-order valence-corrected chi connectivity index (χ1v) is 15.4. The molecular weight excluding hydrogens is 562 g/mol. The number of nitrogens with zero attached hydrogens (tertiary/aromatic N) is 5. The molecule has 0 unspecified atom stereocenters. The summed E-state index contributed by atoms with van der Waals surface area (Å²) in [6, 6.07) is 56.7. The van der Waals surface area contributed by atoms with Crippen molar-refractivity contribution >= 4 is 27.6 Å².